The van der Waals surface area contributed by atoms with Crippen LogP contribution in [0, 0.1) is 6.92 Å². The van der Waals surface area contributed by atoms with E-state index in [9.17, 15) is 9.59 Å². The minimum Gasteiger partial charge on any atom is -0.397 e. The average Bonchev–Trinajstić information content (AvgIpc) is 2.19. The summed E-state index contributed by atoms with van der Waals surface area (Å²) in [5, 5.41) is 6.39. The monoisotopic (exact) mass is 224 g/mol. The Labute approximate surface area is 90.6 Å². The van der Waals surface area contributed by atoms with E-state index in [4.69, 9.17) is 17.3 Å². The molecular formula is C9H7ClN3O2. The third-order valence-corrected chi connectivity index (χ3v) is 2.59. The van der Waals surface area contributed by atoms with Crippen molar-refractivity contribution < 1.29 is 9.59 Å². The molecule has 1 heterocycles. The van der Waals surface area contributed by atoms with Gasteiger partial charge in [-0.05, 0) is 18.6 Å². The van der Waals surface area contributed by atoms with Crippen LogP contribution in [0.4, 0.5) is 17.1 Å². The van der Waals surface area contributed by atoms with Crippen molar-refractivity contribution in [3.05, 3.63) is 16.7 Å². The molecule has 0 saturated heterocycles. The molecule has 6 heteroatoms. The van der Waals surface area contributed by atoms with E-state index in [0.29, 0.717) is 22.0 Å². The van der Waals surface area contributed by atoms with Crippen LogP contribution < -0.4 is 16.4 Å². The van der Waals surface area contributed by atoms with Crippen LogP contribution in [-0.2, 0) is 9.59 Å². The maximum atomic E-state index is 11.0. The highest BCUT2D eigenvalue weighted by Crippen LogP contribution is 2.37. The van der Waals surface area contributed by atoms with Crippen molar-refractivity contribution in [1.82, 2.24) is 5.32 Å². The maximum absolute atomic E-state index is 11.0. The van der Waals surface area contributed by atoms with Gasteiger partial charge in [0.25, 0.3) is 0 Å². The number of nitrogens with two attached hydrogens (primary N) is 1. The second kappa shape index (κ2) is 3.13. The number of nitrogen functional groups attached to an aromatic ring is 1. The normalized spacial score (nSPS) is 14.3. The fourth-order valence-electron chi connectivity index (χ4n) is 1.30. The number of hydrogen-bond donors (Lipinski definition) is 2. The van der Waals surface area contributed by atoms with Crippen molar-refractivity contribution in [2.75, 3.05) is 11.1 Å². The summed E-state index contributed by atoms with van der Waals surface area (Å²) in [6, 6.07) is 1.52. The van der Waals surface area contributed by atoms with Gasteiger partial charge in [-0.25, -0.2) is 5.32 Å². The molecule has 3 N–H and O–H groups in total. The number of carbonyl (C=O) groups is 2. The van der Waals surface area contributed by atoms with E-state index < -0.39 is 11.8 Å². The molecule has 1 aromatic carbocycles. The lowest BCUT2D eigenvalue weighted by molar-refractivity contribution is -0.135. The van der Waals surface area contributed by atoms with Crippen LogP contribution in [0.3, 0.4) is 0 Å². The lowest BCUT2D eigenvalue weighted by atomic mass is 10.1. The summed E-state index contributed by atoms with van der Waals surface area (Å²) in [6.07, 6.45) is 0. The Bertz CT molecular complexity index is 485. The Kier molecular flexibility index (Phi) is 2.04. The molecule has 15 heavy (non-hydrogen) atoms. The van der Waals surface area contributed by atoms with Crippen LogP contribution in [0.2, 0.25) is 5.02 Å². The first-order valence-corrected chi connectivity index (χ1v) is 4.54. The van der Waals surface area contributed by atoms with Crippen molar-refractivity contribution in [2.45, 2.75) is 6.92 Å². The predicted molar refractivity (Wildman–Crippen MR) is 56.0 cm³/mol. The zero-order valence-electron chi connectivity index (χ0n) is 7.80. The largest absolute Gasteiger partial charge is 0.397 e. The highest BCUT2D eigenvalue weighted by Gasteiger charge is 2.27. The van der Waals surface area contributed by atoms with Gasteiger partial charge in [-0.2, -0.15) is 0 Å². The number of fused-ring (bicyclic) bond motifs is 1. The Morgan fingerprint density at radius 1 is 1.47 bits per heavy atom. The number of amides is 2. The van der Waals surface area contributed by atoms with Crippen molar-refractivity contribution in [3.63, 3.8) is 0 Å². The topological polar surface area (TPSA) is 86.3 Å². The number of benzene rings is 1. The number of halogens is 1. The van der Waals surface area contributed by atoms with Crippen molar-refractivity contribution in [3.8, 4) is 0 Å². The predicted octanol–water partition coefficient (Wildman–Crippen LogP) is 0.945. The average molecular weight is 225 g/mol. The number of rotatable bonds is 0. The zero-order valence-corrected chi connectivity index (χ0v) is 8.55. The molecule has 0 atom stereocenters. The molecule has 0 spiro atoms. The highest BCUT2D eigenvalue weighted by molar-refractivity contribution is 6.43. The summed E-state index contributed by atoms with van der Waals surface area (Å²) in [5.74, 6) is -1.63. The molecule has 0 bridgehead atoms. The fraction of sp³-hybridized carbons (Fsp3) is 0.111. The molecule has 1 radical (unpaired) electrons. The van der Waals surface area contributed by atoms with E-state index >= 15 is 0 Å². The third kappa shape index (κ3) is 1.41. The molecule has 2 amide bonds. The van der Waals surface area contributed by atoms with Crippen LogP contribution in [0.25, 0.3) is 0 Å². The molecule has 77 valence electrons. The molecular weight excluding hydrogens is 218 g/mol. The van der Waals surface area contributed by atoms with Crippen LogP contribution in [0.15, 0.2) is 6.07 Å². The second-order valence-corrected chi connectivity index (χ2v) is 3.57. The SMILES string of the molecule is Cc1c(Cl)cc2c(c1N)[N]C(=O)C(=O)N2. The molecule has 1 aliphatic heterocycles. The van der Waals surface area contributed by atoms with E-state index in [1.165, 1.54) is 6.07 Å². The summed E-state index contributed by atoms with van der Waals surface area (Å²) in [4.78, 5) is 22.1. The van der Waals surface area contributed by atoms with Crippen molar-refractivity contribution >= 4 is 40.5 Å². The van der Waals surface area contributed by atoms with Gasteiger partial charge in [0, 0.05) is 5.02 Å². The van der Waals surface area contributed by atoms with Crippen LogP contribution in [0.1, 0.15) is 5.56 Å². The second-order valence-electron chi connectivity index (χ2n) is 3.16. The van der Waals surface area contributed by atoms with Gasteiger partial charge in [0.1, 0.15) is 5.69 Å². The number of nitrogens with one attached hydrogen (secondary N) is 1. The summed E-state index contributed by atoms with van der Waals surface area (Å²) in [7, 11) is 0. The van der Waals surface area contributed by atoms with Crippen LogP contribution in [-0.4, -0.2) is 11.8 Å². The Balaban J connectivity index is 2.63. The molecule has 5 nitrogen and oxygen atoms in total. The van der Waals surface area contributed by atoms with Gasteiger partial charge in [0.15, 0.2) is 0 Å². The van der Waals surface area contributed by atoms with Gasteiger partial charge < -0.3 is 11.1 Å². The Morgan fingerprint density at radius 3 is 2.80 bits per heavy atom. The zero-order chi connectivity index (χ0) is 11.2. The smallest absolute Gasteiger partial charge is 0.336 e. The van der Waals surface area contributed by atoms with E-state index in [1.807, 2.05) is 0 Å². The molecule has 1 aliphatic rings. The molecule has 0 aromatic heterocycles. The minimum absolute atomic E-state index is 0.279. The molecule has 1 aromatic rings. The Morgan fingerprint density at radius 2 is 2.13 bits per heavy atom. The molecule has 2 rings (SSSR count). The van der Waals surface area contributed by atoms with Crippen molar-refractivity contribution in [2.24, 2.45) is 0 Å². The van der Waals surface area contributed by atoms with Crippen molar-refractivity contribution in [1.29, 1.82) is 0 Å². The number of hydrogen-bond acceptors (Lipinski definition) is 3. The van der Waals surface area contributed by atoms with Gasteiger partial charge in [-0.15, -0.1) is 0 Å². The minimum atomic E-state index is -0.851. The van der Waals surface area contributed by atoms with Crippen LogP contribution >= 0.6 is 11.6 Å². The standard InChI is InChI=1S/C9H7ClN3O2/c1-3-4(10)2-5-7(6(3)11)13-9(15)8(14)12-5/h2H,11H2,1H3,(H,12,14). The first-order valence-electron chi connectivity index (χ1n) is 4.16. The quantitative estimate of drug-likeness (QED) is 0.508. The molecule has 0 unspecified atom stereocenters. The first kappa shape index (κ1) is 9.79. The van der Waals surface area contributed by atoms with Gasteiger partial charge >= 0.3 is 11.8 Å². The summed E-state index contributed by atoms with van der Waals surface area (Å²) in [6.45, 7) is 1.72. The molecule has 0 aliphatic carbocycles. The van der Waals surface area contributed by atoms with Gasteiger partial charge in [-0.3, -0.25) is 9.59 Å². The number of anilines is 2. The summed E-state index contributed by atoms with van der Waals surface area (Å²) >= 11 is 5.88. The lowest BCUT2D eigenvalue weighted by Crippen LogP contribution is -2.33. The lowest BCUT2D eigenvalue weighted by Gasteiger charge is -2.18. The molecule has 0 saturated carbocycles. The first-order chi connectivity index (χ1) is 7.00. The number of nitrogens with zero attached hydrogens (tertiary/aromatic N) is 1. The van der Waals surface area contributed by atoms with Crippen LogP contribution in [0.5, 0.6) is 0 Å². The van der Waals surface area contributed by atoms with E-state index in [0.717, 1.165) is 0 Å². The molecule has 0 fully saturated rings. The van der Waals surface area contributed by atoms with E-state index in [1.54, 1.807) is 6.92 Å². The summed E-state index contributed by atoms with van der Waals surface area (Å²) < 4.78 is 0. The van der Waals surface area contributed by atoms with Gasteiger partial charge in [0.2, 0.25) is 0 Å². The van der Waals surface area contributed by atoms with Gasteiger partial charge in [-0.1, -0.05) is 11.6 Å². The number of carbonyl (C=O) groups excluding carboxylic acids is 2. The van der Waals surface area contributed by atoms with E-state index in [-0.39, 0.29) is 5.69 Å². The summed E-state index contributed by atoms with van der Waals surface area (Å²) in [5.41, 5.74) is 7.33. The highest BCUT2D eigenvalue weighted by atomic mass is 35.5. The maximum Gasteiger partial charge on any atom is 0.336 e. The van der Waals surface area contributed by atoms with Gasteiger partial charge in [0.05, 0.1) is 11.4 Å². The Hall–Kier alpha value is -1.75. The van der Waals surface area contributed by atoms with E-state index in [2.05, 4.69) is 10.6 Å². The fourth-order valence-corrected chi connectivity index (χ4v) is 1.51. The third-order valence-electron chi connectivity index (χ3n) is 2.20.